The number of rotatable bonds is 8. The minimum atomic E-state index is 0.662. The third-order valence-electron chi connectivity index (χ3n) is 3.18. The van der Waals surface area contributed by atoms with Crippen molar-refractivity contribution in [3.63, 3.8) is 0 Å². The largest absolute Gasteiger partial charge is 0.497 e. The number of nitrogens with one attached hydrogen (secondary N) is 2. The zero-order valence-corrected chi connectivity index (χ0v) is 13.4. The lowest BCUT2D eigenvalue weighted by molar-refractivity contribution is 0.300. The fourth-order valence-corrected chi connectivity index (χ4v) is 2.11. The Hall–Kier alpha value is -1.33. The summed E-state index contributed by atoms with van der Waals surface area (Å²) in [6.45, 7) is 8.57. The second-order valence-electron chi connectivity index (χ2n) is 4.49. The van der Waals surface area contributed by atoms with Crippen LogP contribution in [0.25, 0.3) is 0 Å². The van der Waals surface area contributed by atoms with E-state index in [1.165, 1.54) is 0 Å². The van der Waals surface area contributed by atoms with Gasteiger partial charge in [-0.1, -0.05) is 13.8 Å². The van der Waals surface area contributed by atoms with Gasteiger partial charge in [-0.3, -0.25) is 0 Å². The molecule has 0 amide bonds. The summed E-state index contributed by atoms with van der Waals surface area (Å²) < 4.78 is 5.12. The van der Waals surface area contributed by atoms with Crippen molar-refractivity contribution in [3.8, 4) is 5.75 Å². The highest BCUT2D eigenvalue weighted by atomic mass is 32.1. The fourth-order valence-electron chi connectivity index (χ4n) is 1.89. The molecule has 1 aromatic carbocycles. The van der Waals surface area contributed by atoms with Gasteiger partial charge >= 0.3 is 0 Å². The molecule has 0 saturated carbocycles. The monoisotopic (exact) mass is 295 g/mol. The Morgan fingerprint density at radius 1 is 1.20 bits per heavy atom. The van der Waals surface area contributed by atoms with Gasteiger partial charge in [0.2, 0.25) is 0 Å². The minimum Gasteiger partial charge on any atom is -0.497 e. The predicted molar refractivity (Wildman–Crippen MR) is 89.6 cm³/mol. The van der Waals surface area contributed by atoms with Gasteiger partial charge in [-0.15, -0.1) is 0 Å². The van der Waals surface area contributed by atoms with Gasteiger partial charge in [-0.25, -0.2) is 0 Å². The normalized spacial score (nSPS) is 10.4. The van der Waals surface area contributed by atoms with Crippen molar-refractivity contribution < 1.29 is 4.74 Å². The lowest BCUT2D eigenvalue weighted by Crippen LogP contribution is -2.32. The van der Waals surface area contributed by atoms with Crippen LogP contribution in [0.2, 0.25) is 0 Å². The Balaban J connectivity index is 2.22. The lowest BCUT2D eigenvalue weighted by atomic mass is 10.3. The summed E-state index contributed by atoms with van der Waals surface area (Å²) in [5.74, 6) is 0.841. The van der Waals surface area contributed by atoms with Crippen LogP contribution < -0.4 is 15.4 Å². The van der Waals surface area contributed by atoms with Crippen LogP contribution in [0.3, 0.4) is 0 Å². The average molecular weight is 295 g/mol. The summed E-state index contributed by atoms with van der Waals surface area (Å²) >= 11 is 5.27. The number of benzene rings is 1. The fraction of sp³-hybridized carbons (Fsp3) is 0.533. The van der Waals surface area contributed by atoms with E-state index in [0.717, 1.165) is 44.0 Å². The number of hydrogen-bond acceptors (Lipinski definition) is 3. The van der Waals surface area contributed by atoms with Crippen molar-refractivity contribution >= 4 is 23.0 Å². The third-order valence-corrected chi connectivity index (χ3v) is 3.43. The van der Waals surface area contributed by atoms with Crippen molar-refractivity contribution in [3.05, 3.63) is 24.3 Å². The van der Waals surface area contributed by atoms with Crippen molar-refractivity contribution in [1.82, 2.24) is 10.2 Å². The van der Waals surface area contributed by atoms with Crippen molar-refractivity contribution in [2.75, 3.05) is 38.6 Å². The molecular formula is C15H25N3OS. The molecule has 112 valence electrons. The van der Waals surface area contributed by atoms with Gasteiger partial charge < -0.3 is 20.3 Å². The first kappa shape index (κ1) is 16.7. The van der Waals surface area contributed by atoms with Crippen LogP contribution in [0, 0.1) is 0 Å². The van der Waals surface area contributed by atoms with Crippen LogP contribution >= 0.6 is 12.2 Å². The number of anilines is 1. The molecule has 0 bridgehead atoms. The van der Waals surface area contributed by atoms with E-state index < -0.39 is 0 Å². The molecule has 0 aliphatic rings. The lowest BCUT2D eigenvalue weighted by Gasteiger charge is -2.18. The van der Waals surface area contributed by atoms with Gasteiger partial charge in [-0.05, 0) is 62.5 Å². The quantitative estimate of drug-likeness (QED) is 0.570. The Morgan fingerprint density at radius 2 is 1.85 bits per heavy atom. The zero-order chi connectivity index (χ0) is 14.8. The Labute approximate surface area is 127 Å². The second-order valence-corrected chi connectivity index (χ2v) is 4.90. The minimum absolute atomic E-state index is 0.662. The molecule has 2 N–H and O–H groups in total. The maximum Gasteiger partial charge on any atom is 0.170 e. The molecule has 0 aliphatic carbocycles. The molecule has 0 aromatic heterocycles. The van der Waals surface area contributed by atoms with Crippen LogP contribution in [0.1, 0.15) is 20.3 Å². The molecule has 1 rings (SSSR count). The number of thiocarbonyl (C=S) groups is 1. The molecule has 0 saturated heterocycles. The van der Waals surface area contributed by atoms with Crippen molar-refractivity contribution in [2.24, 2.45) is 0 Å². The molecule has 4 nitrogen and oxygen atoms in total. The van der Waals surface area contributed by atoms with Crippen molar-refractivity contribution in [1.29, 1.82) is 0 Å². The van der Waals surface area contributed by atoms with Gasteiger partial charge in [0, 0.05) is 12.2 Å². The Bertz CT molecular complexity index is 391. The van der Waals surface area contributed by atoms with E-state index in [1.54, 1.807) is 7.11 Å². The summed E-state index contributed by atoms with van der Waals surface area (Å²) in [5, 5.41) is 7.05. The highest BCUT2D eigenvalue weighted by molar-refractivity contribution is 7.80. The van der Waals surface area contributed by atoms with Crippen LogP contribution in [0.5, 0.6) is 5.75 Å². The van der Waals surface area contributed by atoms with Crippen molar-refractivity contribution in [2.45, 2.75) is 20.3 Å². The molecule has 0 atom stereocenters. The van der Waals surface area contributed by atoms with E-state index in [9.17, 15) is 0 Å². The predicted octanol–water partition coefficient (Wildman–Crippen LogP) is 2.71. The zero-order valence-electron chi connectivity index (χ0n) is 12.6. The van der Waals surface area contributed by atoms with Gasteiger partial charge in [0.15, 0.2) is 5.11 Å². The summed E-state index contributed by atoms with van der Waals surface area (Å²) in [5.41, 5.74) is 0.965. The molecule has 20 heavy (non-hydrogen) atoms. The second kappa shape index (κ2) is 9.55. The first-order chi connectivity index (χ1) is 9.69. The topological polar surface area (TPSA) is 36.5 Å². The van der Waals surface area contributed by atoms with E-state index in [0.29, 0.717) is 5.11 Å². The maximum atomic E-state index is 5.27. The number of methoxy groups -OCH3 is 1. The summed E-state index contributed by atoms with van der Waals surface area (Å²) in [6, 6.07) is 7.71. The van der Waals surface area contributed by atoms with Crippen LogP contribution in [-0.4, -0.2) is 43.3 Å². The number of ether oxygens (including phenoxy) is 1. The van der Waals surface area contributed by atoms with E-state index >= 15 is 0 Å². The van der Waals surface area contributed by atoms with Crippen LogP contribution in [0.15, 0.2) is 24.3 Å². The van der Waals surface area contributed by atoms with Gasteiger partial charge in [0.25, 0.3) is 0 Å². The van der Waals surface area contributed by atoms with E-state index in [4.69, 9.17) is 17.0 Å². The molecule has 1 aromatic rings. The van der Waals surface area contributed by atoms with Crippen LogP contribution in [0.4, 0.5) is 5.69 Å². The maximum absolute atomic E-state index is 5.27. The molecule has 0 fully saturated rings. The molecule has 0 aliphatic heterocycles. The highest BCUT2D eigenvalue weighted by Crippen LogP contribution is 2.14. The van der Waals surface area contributed by atoms with Gasteiger partial charge in [-0.2, -0.15) is 0 Å². The first-order valence-corrected chi connectivity index (χ1v) is 7.51. The third kappa shape index (κ3) is 6.21. The summed E-state index contributed by atoms with van der Waals surface area (Å²) in [4.78, 5) is 2.40. The molecular weight excluding hydrogens is 270 g/mol. The average Bonchev–Trinajstić information content (AvgIpc) is 2.48. The van der Waals surface area contributed by atoms with Gasteiger partial charge in [0.05, 0.1) is 7.11 Å². The molecule has 5 heteroatoms. The molecule has 0 radical (unpaired) electrons. The van der Waals surface area contributed by atoms with E-state index in [1.807, 2.05) is 24.3 Å². The van der Waals surface area contributed by atoms with E-state index in [-0.39, 0.29) is 0 Å². The smallest absolute Gasteiger partial charge is 0.170 e. The number of nitrogens with zero attached hydrogens (tertiary/aromatic N) is 1. The Morgan fingerprint density at radius 3 is 2.40 bits per heavy atom. The Kier molecular flexibility index (Phi) is 7.99. The summed E-state index contributed by atoms with van der Waals surface area (Å²) in [7, 11) is 1.66. The first-order valence-electron chi connectivity index (χ1n) is 7.10. The van der Waals surface area contributed by atoms with E-state index in [2.05, 4.69) is 29.4 Å². The molecule has 0 spiro atoms. The van der Waals surface area contributed by atoms with Crippen LogP contribution in [-0.2, 0) is 0 Å². The standard InChI is InChI=1S/C15H25N3OS/c1-4-18(5-2)12-6-11-16-15(20)17-13-7-9-14(19-3)10-8-13/h7-10H,4-6,11-12H2,1-3H3,(H2,16,17,20). The van der Waals surface area contributed by atoms with Gasteiger partial charge in [0.1, 0.15) is 5.75 Å². The molecule has 0 unspecified atom stereocenters. The number of hydrogen-bond donors (Lipinski definition) is 2. The highest BCUT2D eigenvalue weighted by Gasteiger charge is 2.00. The molecule has 0 heterocycles. The SMILES string of the molecule is CCN(CC)CCCNC(=S)Nc1ccc(OC)cc1. The summed E-state index contributed by atoms with van der Waals surface area (Å²) in [6.07, 6.45) is 1.09.